The molecule has 2 unspecified atom stereocenters. The fraction of sp³-hybridized carbons (Fsp3) is 0.938. The lowest BCUT2D eigenvalue weighted by Crippen LogP contribution is -2.45. The van der Waals surface area contributed by atoms with Gasteiger partial charge in [-0.3, -0.25) is 9.59 Å². The van der Waals surface area contributed by atoms with Gasteiger partial charge in [0.25, 0.3) is 0 Å². The molecule has 0 spiro atoms. The molecule has 0 saturated heterocycles. The molecule has 1 amide bonds. The average molecular weight is 1000 g/mol. The lowest BCUT2D eigenvalue weighted by Gasteiger charge is -2.22. The quantitative estimate of drug-likeness (QED) is 0.0320. The van der Waals surface area contributed by atoms with Gasteiger partial charge in [-0.1, -0.05) is 309 Å². The highest BCUT2D eigenvalue weighted by atomic mass is 16.5. The van der Waals surface area contributed by atoms with Gasteiger partial charge in [0.2, 0.25) is 5.91 Å². The van der Waals surface area contributed by atoms with Gasteiger partial charge in [-0.15, -0.1) is 0 Å². The molecule has 3 N–H and O–H groups in total. The van der Waals surface area contributed by atoms with Gasteiger partial charge >= 0.3 is 5.97 Å². The first kappa shape index (κ1) is 69.6. The molecule has 71 heavy (non-hydrogen) atoms. The molecule has 422 valence electrons. The Balaban J connectivity index is 3.46. The highest BCUT2D eigenvalue weighted by molar-refractivity contribution is 5.76. The van der Waals surface area contributed by atoms with Gasteiger partial charge in [-0.05, 0) is 57.8 Å². The maximum atomic E-state index is 12.5. The van der Waals surface area contributed by atoms with Crippen molar-refractivity contribution >= 4 is 11.9 Å². The van der Waals surface area contributed by atoms with Crippen molar-refractivity contribution in [3.05, 3.63) is 12.2 Å². The van der Waals surface area contributed by atoms with Crippen molar-refractivity contribution in [2.24, 2.45) is 0 Å². The van der Waals surface area contributed by atoms with Crippen LogP contribution in [0.5, 0.6) is 0 Å². The van der Waals surface area contributed by atoms with E-state index in [9.17, 15) is 19.8 Å². The van der Waals surface area contributed by atoms with Crippen molar-refractivity contribution in [1.82, 2.24) is 5.32 Å². The van der Waals surface area contributed by atoms with E-state index in [-0.39, 0.29) is 18.5 Å². The van der Waals surface area contributed by atoms with Crippen LogP contribution in [0.1, 0.15) is 367 Å². The number of aliphatic hydroxyl groups excluding tert-OH is 2. The van der Waals surface area contributed by atoms with E-state index in [1.807, 2.05) is 0 Å². The van der Waals surface area contributed by atoms with Crippen LogP contribution < -0.4 is 5.32 Å². The number of carbonyl (C=O) groups excluding carboxylic acids is 2. The van der Waals surface area contributed by atoms with Crippen molar-refractivity contribution in [3.8, 4) is 0 Å². The molecule has 0 fully saturated rings. The van der Waals surface area contributed by atoms with E-state index < -0.39 is 12.1 Å². The van der Waals surface area contributed by atoms with Crippen molar-refractivity contribution < 1.29 is 24.5 Å². The summed E-state index contributed by atoms with van der Waals surface area (Å²) in [5.74, 6) is -0.0731. The molecule has 0 rings (SSSR count). The SMILES string of the molecule is CCCCCCCCCCCCCCCCCCCCCCCCCCCC(O)C(CO)NC(=O)CCCCCCC/C=C\CCCCCOC(=O)CCCCCCCCCCCCCCCCCCC. The first-order chi connectivity index (χ1) is 35.0. The van der Waals surface area contributed by atoms with Crippen LogP contribution in [0.15, 0.2) is 12.2 Å². The molecule has 0 aromatic carbocycles. The number of ether oxygens (including phenoxy) is 1. The lowest BCUT2D eigenvalue weighted by molar-refractivity contribution is -0.143. The fourth-order valence-electron chi connectivity index (χ4n) is 10.3. The molecule has 6 heteroatoms. The van der Waals surface area contributed by atoms with Crippen LogP contribution >= 0.6 is 0 Å². The Labute approximate surface area is 444 Å². The number of amides is 1. The van der Waals surface area contributed by atoms with E-state index in [4.69, 9.17) is 4.74 Å². The van der Waals surface area contributed by atoms with Gasteiger partial charge in [0.1, 0.15) is 0 Å². The lowest BCUT2D eigenvalue weighted by atomic mass is 10.0. The highest BCUT2D eigenvalue weighted by Gasteiger charge is 2.20. The van der Waals surface area contributed by atoms with Gasteiger partial charge in [0.05, 0.1) is 25.4 Å². The van der Waals surface area contributed by atoms with Crippen LogP contribution in [0.4, 0.5) is 0 Å². The Morgan fingerprint density at radius 1 is 0.380 bits per heavy atom. The second kappa shape index (κ2) is 61.1. The third-order valence-corrected chi connectivity index (χ3v) is 15.3. The summed E-state index contributed by atoms with van der Waals surface area (Å²) in [6.07, 6.45) is 73.7. The number of allylic oxidation sites excluding steroid dienone is 2. The van der Waals surface area contributed by atoms with Crippen LogP contribution in [0.3, 0.4) is 0 Å². The van der Waals surface area contributed by atoms with E-state index in [0.717, 1.165) is 77.0 Å². The molecular weight excluding hydrogens is 875 g/mol. The molecule has 0 aliphatic carbocycles. The van der Waals surface area contributed by atoms with E-state index >= 15 is 0 Å². The van der Waals surface area contributed by atoms with Crippen LogP contribution in [0.2, 0.25) is 0 Å². The third-order valence-electron chi connectivity index (χ3n) is 15.3. The molecule has 2 atom stereocenters. The number of hydrogen-bond acceptors (Lipinski definition) is 5. The third kappa shape index (κ3) is 57.7. The Morgan fingerprint density at radius 2 is 0.662 bits per heavy atom. The Kier molecular flexibility index (Phi) is 59.9. The van der Waals surface area contributed by atoms with E-state index in [2.05, 4.69) is 31.3 Å². The van der Waals surface area contributed by atoms with E-state index in [1.165, 1.54) is 257 Å². The molecule has 0 heterocycles. The first-order valence-corrected chi connectivity index (χ1v) is 32.4. The van der Waals surface area contributed by atoms with Gasteiger partial charge in [-0.25, -0.2) is 0 Å². The molecule has 0 aromatic heterocycles. The van der Waals surface area contributed by atoms with Gasteiger partial charge in [0.15, 0.2) is 0 Å². The smallest absolute Gasteiger partial charge is 0.305 e. The predicted octanol–water partition coefficient (Wildman–Crippen LogP) is 20.4. The number of unbranched alkanes of at least 4 members (excludes halogenated alkanes) is 48. The van der Waals surface area contributed by atoms with Crippen molar-refractivity contribution in [1.29, 1.82) is 0 Å². The summed E-state index contributed by atoms with van der Waals surface area (Å²) in [4.78, 5) is 24.6. The summed E-state index contributed by atoms with van der Waals surface area (Å²) in [6.45, 7) is 4.93. The van der Waals surface area contributed by atoms with Gasteiger partial charge in [-0.2, -0.15) is 0 Å². The number of hydrogen-bond donors (Lipinski definition) is 3. The molecular formula is C65H127NO5. The minimum absolute atomic E-state index is 0.0173. The molecule has 0 radical (unpaired) electrons. The summed E-state index contributed by atoms with van der Waals surface area (Å²) in [5.41, 5.74) is 0. The second-order valence-electron chi connectivity index (χ2n) is 22.5. The zero-order valence-corrected chi connectivity index (χ0v) is 48.2. The number of carbonyl (C=O) groups is 2. The van der Waals surface area contributed by atoms with Crippen molar-refractivity contribution in [2.45, 2.75) is 379 Å². The Hall–Kier alpha value is -1.40. The predicted molar refractivity (Wildman–Crippen MR) is 310 cm³/mol. The summed E-state index contributed by atoms with van der Waals surface area (Å²) in [5, 5.41) is 23.4. The number of nitrogens with one attached hydrogen (secondary N) is 1. The van der Waals surface area contributed by atoms with Crippen molar-refractivity contribution in [2.75, 3.05) is 13.2 Å². The topological polar surface area (TPSA) is 95.9 Å². The zero-order chi connectivity index (χ0) is 51.4. The maximum absolute atomic E-state index is 12.5. The van der Waals surface area contributed by atoms with E-state index in [1.54, 1.807) is 0 Å². The molecule has 6 nitrogen and oxygen atoms in total. The first-order valence-electron chi connectivity index (χ1n) is 32.4. The van der Waals surface area contributed by atoms with Crippen LogP contribution in [-0.4, -0.2) is 47.4 Å². The van der Waals surface area contributed by atoms with Crippen LogP contribution in [0.25, 0.3) is 0 Å². The molecule has 0 bridgehead atoms. The highest BCUT2D eigenvalue weighted by Crippen LogP contribution is 2.19. The minimum atomic E-state index is -0.681. The molecule has 0 aliphatic heterocycles. The average Bonchev–Trinajstić information content (AvgIpc) is 3.37. The molecule has 0 aliphatic rings. The summed E-state index contributed by atoms with van der Waals surface area (Å²) < 4.78 is 5.47. The Morgan fingerprint density at radius 3 is 1.00 bits per heavy atom. The summed E-state index contributed by atoms with van der Waals surface area (Å²) >= 11 is 0. The number of esters is 1. The largest absolute Gasteiger partial charge is 0.466 e. The molecule has 0 aromatic rings. The minimum Gasteiger partial charge on any atom is -0.466 e. The maximum Gasteiger partial charge on any atom is 0.305 e. The number of aliphatic hydroxyl groups is 2. The van der Waals surface area contributed by atoms with E-state index in [0.29, 0.717) is 25.9 Å². The van der Waals surface area contributed by atoms with Gasteiger partial charge in [0, 0.05) is 12.8 Å². The van der Waals surface area contributed by atoms with Crippen LogP contribution in [0, 0.1) is 0 Å². The zero-order valence-electron chi connectivity index (χ0n) is 48.2. The van der Waals surface area contributed by atoms with Crippen LogP contribution in [-0.2, 0) is 14.3 Å². The summed E-state index contributed by atoms with van der Waals surface area (Å²) in [6, 6.07) is -0.561. The monoisotopic (exact) mass is 1000 g/mol. The standard InChI is InChI=1S/C65H127NO5/c1-3-5-7-9-11-13-15-17-19-21-22-23-24-25-26-27-28-30-31-33-37-41-45-49-53-57-63(68)62(61-67)66-64(69)58-54-50-46-42-38-35-36-40-44-48-52-56-60-71-65(70)59-55-51-47-43-39-34-32-29-20-18-16-14-12-10-8-6-4-2/h36,40,62-63,67-68H,3-35,37-39,41-61H2,1-2H3,(H,66,69)/b40-36-. The molecule has 0 saturated carbocycles. The summed E-state index contributed by atoms with van der Waals surface area (Å²) in [7, 11) is 0. The van der Waals surface area contributed by atoms with Crippen molar-refractivity contribution in [3.63, 3.8) is 0 Å². The second-order valence-corrected chi connectivity index (χ2v) is 22.5. The number of rotatable bonds is 61. The fourth-order valence-corrected chi connectivity index (χ4v) is 10.3. The normalized spacial score (nSPS) is 12.6. The van der Waals surface area contributed by atoms with Gasteiger partial charge < -0.3 is 20.3 Å². The Bertz CT molecular complexity index is 1060.